The van der Waals surface area contributed by atoms with Crippen LogP contribution in [-0.2, 0) is 0 Å². The van der Waals surface area contributed by atoms with Crippen molar-refractivity contribution >= 4 is 137 Å². The van der Waals surface area contributed by atoms with Gasteiger partial charge in [-0.1, -0.05) is 137 Å². The number of nitrogens with two attached hydrogens (primary N) is 1. The molecule has 0 radical (unpaired) electrons. The van der Waals surface area contributed by atoms with Gasteiger partial charge in [-0.2, -0.15) is 7.11 Å². The summed E-state index contributed by atoms with van der Waals surface area (Å²) in [6.45, 7) is 0. The van der Waals surface area contributed by atoms with Crippen LogP contribution in [0.1, 0.15) is 17.1 Å². The predicted molar refractivity (Wildman–Crippen MR) is 286 cm³/mol. The van der Waals surface area contributed by atoms with E-state index >= 15 is 0 Å². The molecule has 0 aliphatic rings. The zero-order valence-electron chi connectivity index (χ0n) is 34.9. The van der Waals surface area contributed by atoms with E-state index in [9.17, 15) is 4.79 Å². The number of carbonyl (C=O) groups is 1. The molecule has 0 saturated carbocycles. The fourth-order valence-electron chi connectivity index (χ4n) is 5.67. The van der Waals surface area contributed by atoms with Crippen molar-refractivity contribution < 1.29 is 44.2 Å². The van der Waals surface area contributed by atoms with Crippen molar-refractivity contribution in [3.05, 3.63) is 152 Å². The monoisotopic (exact) mass is 1200 g/mol. The maximum atomic E-state index is 11.4. The number of nitrogen functional groups attached to an aromatic ring is 1. The van der Waals surface area contributed by atoms with Crippen molar-refractivity contribution in [2.75, 3.05) is 25.3 Å². The Morgan fingerprint density at radius 3 is 1.45 bits per heavy atom. The van der Waals surface area contributed by atoms with Gasteiger partial charge in [-0.15, -0.1) is 54.4 Å². The molecule has 0 aliphatic heterocycles. The maximum Gasteiger partial charge on any atom is 1.00 e. The van der Waals surface area contributed by atoms with Crippen molar-refractivity contribution in [2.45, 2.75) is 7.43 Å². The molecule has 8 aromatic heterocycles. The minimum atomic E-state index is 0. The standard InChI is InChI=1S/C15H11N3OS2.C14H8BrN3S2.C12H9BrOS.C2H2BrN3S.CH3O.CH4.Na/c1-19-15-17-18-9-11(16-14(18)21-15)13-8-7-12(20-13)10-5-3-2-4-6-10;15-13-17-18-8-10(16-14(18)20-13)12-7-6-11(19-12)9-4-2-1-3-5-9;13-8-10(14)12-7-6-11(15-12)9-4-2-1-3-5-9;3-1-5-6-2(4)7-1;1-2;;/h2-9H,1H3;1-8H;1-7H,8H2;(H2,4,6);1H3;1H4;/q;;;;-1;;+1. The number of rotatable bonds is 8. The molecule has 3 aromatic carbocycles. The van der Waals surface area contributed by atoms with Crippen LogP contribution in [0.25, 0.3) is 62.4 Å². The fourth-order valence-corrected chi connectivity index (χ4v) is 11.9. The third kappa shape index (κ3) is 14.6. The number of nitrogens with zero attached hydrogens (tertiary/aromatic N) is 8. The molecule has 11 rings (SSSR count). The van der Waals surface area contributed by atoms with E-state index in [1.54, 1.807) is 34.3 Å². The van der Waals surface area contributed by atoms with Gasteiger partial charge < -0.3 is 15.6 Å². The minimum absolute atomic E-state index is 0. The van der Waals surface area contributed by atoms with Gasteiger partial charge in [0.1, 0.15) is 11.4 Å². The normalized spacial score (nSPS) is 10.2. The Hall–Kier alpha value is -3.81. The molecule has 0 aliphatic carbocycles. The number of carbonyl (C=O) groups excluding carboxylic acids is 1. The van der Waals surface area contributed by atoms with E-state index in [1.165, 1.54) is 66.2 Å². The number of Topliss-reactive ketones (excluding diaryl/α,β-unsaturated/α-hetero) is 1. The predicted octanol–water partition coefficient (Wildman–Crippen LogP) is 10.6. The average molecular weight is 1210 g/mol. The maximum absolute atomic E-state index is 11.4. The van der Waals surface area contributed by atoms with Gasteiger partial charge in [-0.25, -0.2) is 19.0 Å². The second-order valence-electron chi connectivity index (χ2n) is 12.7. The summed E-state index contributed by atoms with van der Waals surface area (Å²) in [5, 5.41) is 25.5. The number of hydrogen-bond donors (Lipinski definition) is 1. The van der Waals surface area contributed by atoms with E-state index < -0.39 is 0 Å². The number of ether oxygens (including phenoxy) is 1. The first-order chi connectivity index (χ1) is 31.7. The average Bonchev–Trinajstić information content (AvgIpc) is 4.20. The summed E-state index contributed by atoms with van der Waals surface area (Å²) in [6.07, 6.45) is 3.91. The SMILES string of the molecule is Brc1nn2cc(-c3ccc(-c4ccccc4)s3)nc2s1.C.COc1nn2cc(-c3ccc(-c4ccccc4)s3)nc2s1.C[O-].Nc1nnc(Br)s1.O=C(CBr)c1ccc(-c2ccccc2)s1.[Na+]. The molecule has 11 aromatic rings. The van der Waals surface area contributed by atoms with Gasteiger partial charge in [0, 0.05) is 14.6 Å². The number of alkyl halides is 1. The second-order valence-corrected chi connectivity index (χ2v) is 21.9. The topological polar surface area (TPSA) is 162 Å². The van der Waals surface area contributed by atoms with Crippen LogP contribution < -0.4 is 45.1 Å². The molecule has 8 heterocycles. The third-order valence-electron chi connectivity index (χ3n) is 8.53. The Balaban J connectivity index is 0.000000172. The molecule has 67 heavy (non-hydrogen) atoms. The molecule has 12 nitrogen and oxygen atoms in total. The van der Waals surface area contributed by atoms with Crippen molar-refractivity contribution in [1.29, 1.82) is 0 Å². The van der Waals surface area contributed by atoms with Crippen LogP contribution in [0, 0.1) is 0 Å². The van der Waals surface area contributed by atoms with Crippen LogP contribution in [0.3, 0.4) is 0 Å². The summed E-state index contributed by atoms with van der Waals surface area (Å²) < 4.78 is 10.3. The molecule has 0 spiro atoms. The summed E-state index contributed by atoms with van der Waals surface area (Å²) in [6, 6.07) is 43.3. The van der Waals surface area contributed by atoms with Crippen LogP contribution in [0.5, 0.6) is 5.19 Å². The number of thiophene rings is 3. The number of halogens is 3. The van der Waals surface area contributed by atoms with Crippen molar-refractivity contribution in [3.8, 4) is 57.7 Å². The Morgan fingerprint density at radius 1 is 0.597 bits per heavy atom. The number of hydrogen-bond acceptors (Lipinski definition) is 16. The van der Waals surface area contributed by atoms with Crippen LogP contribution in [0.15, 0.2) is 148 Å². The molecule has 0 amide bonds. The van der Waals surface area contributed by atoms with Crippen LogP contribution in [0.4, 0.5) is 5.13 Å². The molecule has 338 valence electrons. The van der Waals surface area contributed by atoms with E-state index in [2.05, 4.69) is 151 Å². The van der Waals surface area contributed by atoms with Crippen LogP contribution in [-0.4, -0.2) is 64.7 Å². The van der Waals surface area contributed by atoms with E-state index in [0.717, 1.165) is 61.3 Å². The first-order valence-electron chi connectivity index (χ1n) is 18.9. The summed E-state index contributed by atoms with van der Waals surface area (Å²) in [7, 11) is 2.37. The zero-order chi connectivity index (χ0) is 45.7. The molecule has 0 atom stereocenters. The van der Waals surface area contributed by atoms with Gasteiger partial charge in [0.05, 0.1) is 39.5 Å². The molecule has 0 unspecified atom stereocenters. The molecule has 0 saturated heterocycles. The Morgan fingerprint density at radius 2 is 1.04 bits per heavy atom. The number of aromatic nitrogens is 8. The summed E-state index contributed by atoms with van der Waals surface area (Å²) >= 11 is 19.0. The van der Waals surface area contributed by atoms with Crippen LogP contribution in [0.2, 0.25) is 0 Å². The van der Waals surface area contributed by atoms with E-state index in [1.807, 2.05) is 71.5 Å². The van der Waals surface area contributed by atoms with E-state index in [0.29, 0.717) is 15.7 Å². The zero-order valence-corrected chi connectivity index (χ0v) is 46.6. The van der Waals surface area contributed by atoms with Crippen LogP contribution >= 0.6 is 116 Å². The summed E-state index contributed by atoms with van der Waals surface area (Å²) in [5.74, 6) is 0.141. The first kappa shape index (κ1) is 54.1. The largest absolute Gasteiger partial charge is 1.00 e. The third-order valence-corrected chi connectivity index (χ3v) is 16.0. The van der Waals surface area contributed by atoms with Gasteiger partial charge in [-0.05, 0) is 96.3 Å². The number of methoxy groups -OCH3 is 1. The number of benzene rings is 3. The molecule has 22 heteroatoms. The first-order valence-corrected chi connectivity index (χ1v) is 26.5. The Bertz CT molecular complexity index is 3120. The van der Waals surface area contributed by atoms with Crippen molar-refractivity contribution in [2.24, 2.45) is 0 Å². The quantitative estimate of drug-likeness (QED) is 0.0881. The molecule has 0 bridgehead atoms. The van der Waals surface area contributed by atoms with E-state index in [-0.39, 0.29) is 42.8 Å². The van der Waals surface area contributed by atoms with Gasteiger partial charge >= 0.3 is 29.6 Å². The summed E-state index contributed by atoms with van der Waals surface area (Å²) in [4.78, 5) is 29.1. The smallest absolute Gasteiger partial charge is 0.857 e. The van der Waals surface area contributed by atoms with Gasteiger partial charge in [0.25, 0.3) is 5.19 Å². The molecular formula is C45H37Br3N9NaO3S6. The summed E-state index contributed by atoms with van der Waals surface area (Å²) in [5.41, 5.74) is 10.8. The number of anilines is 1. The number of imidazole rings is 2. The molecule has 0 fully saturated rings. The second kappa shape index (κ2) is 26.8. The minimum Gasteiger partial charge on any atom is -0.857 e. The van der Waals surface area contributed by atoms with Gasteiger partial charge in [0.2, 0.25) is 15.1 Å². The number of fused-ring (bicyclic) bond motifs is 2. The van der Waals surface area contributed by atoms with E-state index in [4.69, 9.17) is 15.6 Å². The van der Waals surface area contributed by atoms with Crippen molar-refractivity contribution in [3.63, 3.8) is 0 Å². The van der Waals surface area contributed by atoms with Gasteiger partial charge in [0.15, 0.2) is 13.6 Å². The fraction of sp³-hybridized carbons (Fsp3) is 0.0889. The number of ketones is 1. The molecular weight excluding hydrogens is 1170 g/mol. The Labute approximate surface area is 457 Å². The van der Waals surface area contributed by atoms with Gasteiger partial charge in [-0.3, -0.25) is 4.79 Å². The molecule has 2 N–H and O–H groups in total. The Kier molecular flexibility index (Phi) is 21.7. The van der Waals surface area contributed by atoms with Crippen molar-refractivity contribution in [1.82, 2.24) is 39.4 Å².